The summed E-state index contributed by atoms with van der Waals surface area (Å²) in [6.45, 7) is 1.81. The lowest BCUT2D eigenvalue weighted by atomic mass is 10.1. The summed E-state index contributed by atoms with van der Waals surface area (Å²) in [5.74, 6) is 1.52. The van der Waals surface area contributed by atoms with Crippen molar-refractivity contribution in [3.05, 3.63) is 94.4 Å². The van der Waals surface area contributed by atoms with E-state index in [4.69, 9.17) is 19.6 Å². The smallest absolute Gasteiger partial charge is 0.206 e. The minimum Gasteiger partial charge on any atom is -0.486 e. The van der Waals surface area contributed by atoms with Gasteiger partial charge in [-0.1, -0.05) is 36.4 Å². The molecule has 6 nitrogen and oxygen atoms in total. The standard InChI is InChI=1S/C25H22N4O2S/c1-2-6-19(7-3-1)11-13-27-25-29(28-17-21-8-4-5-12-26-21)22(18-32-25)20-9-10-23-24(16-20)31-15-14-30-23/h1-10,12,16-18H,11,13-15H2. The van der Waals surface area contributed by atoms with Gasteiger partial charge in [-0.25, -0.2) is 4.68 Å². The molecule has 32 heavy (non-hydrogen) atoms. The number of rotatable bonds is 6. The summed E-state index contributed by atoms with van der Waals surface area (Å²) in [6, 6.07) is 22.1. The van der Waals surface area contributed by atoms with Gasteiger partial charge in [-0.2, -0.15) is 5.10 Å². The fourth-order valence-electron chi connectivity index (χ4n) is 3.41. The van der Waals surface area contributed by atoms with Crippen LogP contribution in [0.4, 0.5) is 0 Å². The van der Waals surface area contributed by atoms with Crippen LogP contribution in [0.15, 0.2) is 88.4 Å². The highest BCUT2D eigenvalue weighted by Gasteiger charge is 2.15. The van der Waals surface area contributed by atoms with Gasteiger partial charge in [0.25, 0.3) is 0 Å². The molecule has 0 aliphatic carbocycles. The molecule has 0 amide bonds. The van der Waals surface area contributed by atoms with E-state index in [9.17, 15) is 0 Å². The molecule has 0 N–H and O–H groups in total. The van der Waals surface area contributed by atoms with Gasteiger partial charge in [-0.3, -0.25) is 9.98 Å². The SMILES string of the molecule is C(=Nn1c(-c2ccc3c(c2)OCCO3)csc1=NCCc1ccccc1)c1ccccn1. The summed E-state index contributed by atoms with van der Waals surface area (Å²) in [4.78, 5) is 10.0. The average Bonchev–Trinajstić information content (AvgIpc) is 3.26. The summed E-state index contributed by atoms with van der Waals surface area (Å²) in [5.41, 5.74) is 3.99. The lowest BCUT2D eigenvalue weighted by molar-refractivity contribution is 0.171. The van der Waals surface area contributed by atoms with Crippen LogP contribution in [0.5, 0.6) is 11.5 Å². The Morgan fingerprint density at radius 3 is 2.66 bits per heavy atom. The Hall–Kier alpha value is -3.71. The lowest BCUT2D eigenvalue weighted by Crippen LogP contribution is -2.16. The van der Waals surface area contributed by atoms with Crippen molar-refractivity contribution in [3.8, 4) is 22.8 Å². The van der Waals surface area contributed by atoms with Gasteiger partial charge in [-0.15, -0.1) is 11.3 Å². The lowest BCUT2D eigenvalue weighted by Gasteiger charge is -2.18. The zero-order valence-electron chi connectivity index (χ0n) is 17.4. The van der Waals surface area contributed by atoms with E-state index in [-0.39, 0.29) is 0 Å². The Morgan fingerprint density at radius 2 is 1.81 bits per heavy atom. The molecule has 0 atom stereocenters. The minimum absolute atomic E-state index is 0.554. The number of pyridine rings is 1. The molecule has 5 rings (SSSR count). The molecule has 0 saturated heterocycles. The summed E-state index contributed by atoms with van der Waals surface area (Å²) in [6.07, 6.45) is 4.39. The maximum Gasteiger partial charge on any atom is 0.206 e. The van der Waals surface area contributed by atoms with E-state index >= 15 is 0 Å². The van der Waals surface area contributed by atoms with E-state index in [1.807, 2.05) is 47.1 Å². The van der Waals surface area contributed by atoms with Gasteiger partial charge >= 0.3 is 0 Å². The Bertz CT molecular complexity index is 1280. The van der Waals surface area contributed by atoms with Crippen LogP contribution in [0.2, 0.25) is 0 Å². The second-order valence-electron chi connectivity index (χ2n) is 7.19. The number of fused-ring (bicyclic) bond motifs is 1. The van der Waals surface area contributed by atoms with E-state index in [1.165, 1.54) is 5.56 Å². The molecule has 7 heteroatoms. The third-order valence-electron chi connectivity index (χ3n) is 5.01. The Balaban J connectivity index is 1.50. The predicted molar refractivity (Wildman–Crippen MR) is 127 cm³/mol. The average molecular weight is 443 g/mol. The van der Waals surface area contributed by atoms with Crippen molar-refractivity contribution in [2.45, 2.75) is 6.42 Å². The molecule has 1 aliphatic rings. The van der Waals surface area contributed by atoms with E-state index in [1.54, 1.807) is 23.7 Å². The molecule has 0 spiro atoms. The Kier molecular flexibility index (Phi) is 6.07. The third kappa shape index (κ3) is 4.63. The van der Waals surface area contributed by atoms with Crippen LogP contribution >= 0.6 is 11.3 Å². The highest BCUT2D eigenvalue weighted by molar-refractivity contribution is 7.07. The largest absolute Gasteiger partial charge is 0.486 e. The van der Waals surface area contributed by atoms with E-state index < -0.39 is 0 Å². The van der Waals surface area contributed by atoms with Gasteiger partial charge in [0.05, 0.1) is 17.6 Å². The maximum atomic E-state index is 5.77. The van der Waals surface area contributed by atoms with Crippen LogP contribution in [0.25, 0.3) is 11.3 Å². The van der Waals surface area contributed by atoms with Crippen molar-refractivity contribution < 1.29 is 9.47 Å². The first-order valence-electron chi connectivity index (χ1n) is 10.5. The van der Waals surface area contributed by atoms with Crippen molar-refractivity contribution in [1.29, 1.82) is 0 Å². The van der Waals surface area contributed by atoms with E-state index in [0.717, 1.165) is 39.7 Å². The number of aromatic nitrogens is 2. The van der Waals surface area contributed by atoms with Gasteiger partial charge in [0, 0.05) is 23.7 Å². The van der Waals surface area contributed by atoms with Crippen molar-refractivity contribution in [2.75, 3.05) is 19.8 Å². The number of hydrogen-bond donors (Lipinski definition) is 0. The highest BCUT2D eigenvalue weighted by atomic mass is 32.1. The molecule has 1 aliphatic heterocycles. The molecular formula is C25H22N4O2S. The summed E-state index contributed by atoms with van der Waals surface area (Å²) < 4.78 is 13.3. The first-order chi connectivity index (χ1) is 15.9. The Labute approximate surface area is 190 Å². The normalized spacial score (nSPS) is 13.6. The van der Waals surface area contributed by atoms with Crippen LogP contribution in [-0.4, -0.2) is 35.6 Å². The highest BCUT2D eigenvalue weighted by Crippen LogP contribution is 2.34. The molecule has 2 aromatic carbocycles. The van der Waals surface area contributed by atoms with Crippen molar-refractivity contribution in [2.24, 2.45) is 10.1 Å². The second-order valence-corrected chi connectivity index (χ2v) is 8.03. The molecular weight excluding hydrogens is 420 g/mol. The topological polar surface area (TPSA) is 61.0 Å². The summed E-state index contributed by atoms with van der Waals surface area (Å²) in [7, 11) is 0. The van der Waals surface area contributed by atoms with Crippen molar-refractivity contribution in [3.63, 3.8) is 0 Å². The first-order valence-corrected chi connectivity index (χ1v) is 11.4. The number of thiazole rings is 1. The molecule has 0 fully saturated rings. The molecule has 3 heterocycles. The van der Waals surface area contributed by atoms with Crippen LogP contribution in [0, 0.1) is 0 Å². The monoisotopic (exact) mass is 442 g/mol. The molecule has 0 unspecified atom stereocenters. The molecule has 4 aromatic rings. The van der Waals surface area contributed by atoms with E-state index in [0.29, 0.717) is 19.8 Å². The third-order valence-corrected chi connectivity index (χ3v) is 5.86. The van der Waals surface area contributed by atoms with Gasteiger partial charge in [-0.05, 0) is 42.3 Å². The quantitative estimate of drug-likeness (QED) is 0.416. The van der Waals surface area contributed by atoms with Crippen LogP contribution in [0.1, 0.15) is 11.3 Å². The minimum atomic E-state index is 0.554. The van der Waals surface area contributed by atoms with Crippen LogP contribution in [0.3, 0.4) is 0 Å². The van der Waals surface area contributed by atoms with Gasteiger partial charge < -0.3 is 9.47 Å². The number of hydrogen-bond acceptors (Lipinski definition) is 6. The Morgan fingerprint density at radius 1 is 0.969 bits per heavy atom. The zero-order chi connectivity index (χ0) is 21.6. The number of nitrogens with zero attached hydrogens (tertiary/aromatic N) is 4. The van der Waals surface area contributed by atoms with Gasteiger partial charge in [0.1, 0.15) is 13.2 Å². The maximum absolute atomic E-state index is 5.77. The summed E-state index contributed by atoms with van der Waals surface area (Å²) in [5, 5.41) is 6.80. The summed E-state index contributed by atoms with van der Waals surface area (Å²) >= 11 is 1.57. The number of ether oxygens (including phenoxy) is 2. The zero-order valence-corrected chi connectivity index (χ0v) is 18.2. The molecule has 0 saturated carbocycles. The molecule has 0 bridgehead atoms. The fourth-order valence-corrected chi connectivity index (χ4v) is 4.28. The van der Waals surface area contributed by atoms with E-state index in [2.05, 4.69) is 34.6 Å². The first kappa shape index (κ1) is 20.2. The van der Waals surface area contributed by atoms with Crippen LogP contribution < -0.4 is 14.3 Å². The van der Waals surface area contributed by atoms with Gasteiger partial charge in [0.15, 0.2) is 11.5 Å². The molecule has 2 aromatic heterocycles. The molecule has 0 radical (unpaired) electrons. The second kappa shape index (κ2) is 9.62. The predicted octanol–water partition coefficient (Wildman–Crippen LogP) is 4.41. The van der Waals surface area contributed by atoms with Crippen molar-refractivity contribution >= 4 is 17.6 Å². The molecule has 160 valence electrons. The fraction of sp³-hybridized carbons (Fsp3) is 0.160. The number of benzene rings is 2. The van der Waals surface area contributed by atoms with Gasteiger partial charge in [0.2, 0.25) is 4.80 Å². The van der Waals surface area contributed by atoms with Crippen molar-refractivity contribution in [1.82, 2.24) is 9.66 Å². The van der Waals surface area contributed by atoms with Crippen LogP contribution in [-0.2, 0) is 6.42 Å².